The second kappa shape index (κ2) is 4.09. The number of pyridine rings is 1. The molecule has 0 fully saturated rings. The summed E-state index contributed by atoms with van der Waals surface area (Å²) in [5.74, 6) is -2.47. The van der Waals surface area contributed by atoms with Gasteiger partial charge in [-0.25, -0.2) is 4.79 Å². The number of carboxylic acids is 1. The first-order valence-corrected chi connectivity index (χ1v) is 5.08. The molecule has 0 aliphatic heterocycles. The van der Waals surface area contributed by atoms with Gasteiger partial charge in [0, 0.05) is 24.6 Å². The van der Waals surface area contributed by atoms with Gasteiger partial charge in [-0.1, -0.05) is 0 Å². The maximum atomic E-state index is 11.6. The minimum Gasteiger partial charge on any atom is -0.502 e. The van der Waals surface area contributed by atoms with Crippen molar-refractivity contribution in [2.24, 2.45) is 7.05 Å². The summed E-state index contributed by atoms with van der Waals surface area (Å²) in [6.07, 6.45) is 0. The van der Waals surface area contributed by atoms with E-state index in [2.05, 4.69) is 0 Å². The van der Waals surface area contributed by atoms with Crippen molar-refractivity contribution in [1.29, 1.82) is 0 Å². The first-order valence-electron chi connectivity index (χ1n) is 5.08. The molecule has 0 saturated carbocycles. The zero-order valence-electron chi connectivity index (χ0n) is 9.65. The van der Waals surface area contributed by atoms with E-state index >= 15 is 0 Å². The second-order valence-corrected chi connectivity index (χ2v) is 3.85. The number of nitro benzene ring substituents is 1. The molecule has 0 bridgehead atoms. The lowest BCUT2D eigenvalue weighted by Gasteiger charge is -2.09. The van der Waals surface area contributed by atoms with Gasteiger partial charge in [0.2, 0.25) is 0 Å². The summed E-state index contributed by atoms with van der Waals surface area (Å²) in [6.45, 7) is 0. The molecule has 2 rings (SSSR count). The van der Waals surface area contributed by atoms with Crippen LogP contribution in [-0.4, -0.2) is 25.7 Å². The van der Waals surface area contributed by atoms with Gasteiger partial charge in [-0.3, -0.25) is 14.9 Å². The van der Waals surface area contributed by atoms with E-state index < -0.39 is 27.8 Å². The van der Waals surface area contributed by atoms with Crippen LogP contribution in [0, 0.1) is 10.1 Å². The van der Waals surface area contributed by atoms with Crippen LogP contribution in [-0.2, 0) is 7.05 Å². The molecule has 0 atom stereocenters. The van der Waals surface area contributed by atoms with Crippen LogP contribution in [0.25, 0.3) is 10.9 Å². The van der Waals surface area contributed by atoms with E-state index in [1.165, 1.54) is 13.1 Å². The first kappa shape index (κ1) is 12.6. The number of hydrogen-bond acceptors (Lipinski definition) is 5. The molecule has 0 aliphatic carbocycles. The fraction of sp³-hybridized carbons (Fsp3) is 0.0909. The molecule has 0 unspecified atom stereocenters. The normalized spacial score (nSPS) is 10.6. The predicted octanol–water partition coefficient (Wildman–Crippen LogP) is 0.850. The van der Waals surface area contributed by atoms with Crippen molar-refractivity contribution in [2.45, 2.75) is 0 Å². The number of non-ortho nitro benzene ring substituents is 1. The molecule has 0 saturated heterocycles. The highest BCUT2D eigenvalue weighted by atomic mass is 16.6. The smallest absolute Gasteiger partial charge is 0.340 e. The number of fused-ring (bicyclic) bond motifs is 1. The van der Waals surface area contributed by atoms with Crippen LogP contribution in [0.5, 0.6) is 5.75 Å². The number of aromatic nitrogens is 1. The molecule has 98 valence electrons. The summed E-state index contributed by atoms with van der Waals surface area (Å²) in [4.78, 5) is 32.7. The quantitative estimate of drug-likeness (QED) is 0.612. The third kappa shape index (κ3) is 1.79. The molecule has 1 aromatic heterocycles. The monoisotopic (exact) mass is 264 g/mol. The van der Waals surface area contributed by atoms with Crippen molar-refractivity contribution in [3.05, 3.63) is 44.2 Å². The van der Waals surface area contributed by atoms with Gasteiger partial charge in [0.05, 0.1) is 10.4 Å². The summed E-state index contributed by atoms with van der Waals surface area (Å²) in [6, 6.07) is 3.43. The van der Waals surface area contributed by atoms with Crippen LogP contribution >= 0.6 is 0 Å². The van der Waals surface area contributed by atoms with Crippen molar-refractivity contribution in [2.75, 3.05) is 0 Å². The number of benzene rings is 1. The van der Waals surface area contributed by atoms with E-state index in [4.69, 9.17) is 5.11 Å². The summed E-state index contributed by atoms with van der Waals surface area (Å²) >= 11 is 0. The SMILES string of the molecule is Cn1c(=O)c(O)c(C(=O)O)c2cc([N+](=O)[O-])ccc21. The molecule has 19 heavy (non-hydrogen) atoms. The number of hydrogen-bond donors (Lipinski definition) is 2. The number of carboxylic acid groups (broad SMARTS) is 1. The number of carbonyl (C=O) groups is 1. The fourth-order valence-corrected chi connectivity index (χ4v) is 1.85. The first-order chi connectivity index (χ1) is 8.84. The maximum absolute atomic E-state index is 11.6. The highest BCUT2D eigenvalue weighted by Gasteiger charge is 2.21. The topological polar surface area (TPSA) is 123 Å². The van der Waals surface area contributed by atoms with Crippen LogP contribution in [0.1, 0.15) is 10.4 Å². The molecule has 0 amide bonds. The van der Waals surface area contributed by atoms with E-state index in [0.717, 1.165) is 16.7 Å². The molecule has 2 aromatic rings. The maximum Gasteiger partial charge on any atom is 0.340 e. The molecule has 1 aromatic carbocycles. The number of aromatic hydroxyl groups is 1. The molecular formula is C11H8N2O6. The molecule has 0 spiro atoms. The average molecular weight is 264 g/mol. The van der Waals surface area contributed by atoms with Crippen LogP contribution in [0.2, 0.25) is 0 Å². The Morgan fingerprint density at radius 1 is 1.42 bits per heavy atom. The van der Waals surface area contributed by atoms with Crippen LogP contribution in [0.3, 0.4) is 0 Å². The summed E-state index contributed by atoms with van der Waals surface area (Å²) in [5, 5.41) is 29.2. The van der Waals surface area contributed by atoms with Gasteiger partial charge >= 0.3 is 5.97 Å². The summed E-state index contributed by atoms with van der Waals surface area (Å²) < 4.78 is 1.03. The number of nitro groups is 1. The lowest BCUT2D eigenvalue weighted by molar-refractivity contribution is -0.384. The Morgan fingerprint density at radius 3 is 2.58 bits per heavy atom. The van der Waals surface area contributed by atoms with Gasteiger partial charge < -0.3 is 14.8 Å². The highest BCUT2D eigenvalue weighted by Crippen LogP contribution is 2.27. The summed E-state index contributed by atoms with van der Waals surface area (Å²) in [7, 11) is 1.34. The van der Waals surface area contributed by atoms with Crippen molar-refractivity contribution in [3.8, 4) is 5.75 Å². The zero-order chi connectivity index (χ0) is 14.3. The van der Waals surface area contributed by atoms with Crippen molar-refractivity contribution >= 4 is 22.6 Å². The Morgan fingerprint density at radius 2 is 2.05 bits per heavy atom. The Bertz CT molecular complexity index is 777. The van der Waals surface area contributed by atoms with Gasteiger partial charge in [0.1, 0.15) is 5.56 Å². The van der Waals surface area contributed by atoms with Crippen molar-refractivity contribution in [1.82, 2.24) is 4.57 Å². The van der Waals surface area contributed by atoms with E-state index in [-0.39, 0.29) is 16.6 Å². The highest BCUT2D eigenvalue weighted by molar-refractivity contribution is 6.05. The van der Waals surface area contributed by atoms with Gasteiger partial charge in [0.25, 0.3) is 11.2 Å². The Hall–Kier alpha value is -2.90. The van der Waals surface area contributed by atoms with Gasteiger partial charge in [0.15, 0.2) is 5.75 Å². The van der Waals surface area contributed by atoms with Crippen LogP contribution in [0.15, 0.2) is 23.0 Å². The number of aryl methyl sites for hydroxylation is 1. The molecule has 8 nitrogen and oxygen atoms in total. The molecule has 8 heteroatoms. The van der Waals surface area contributed by atoms with Crippen LogP contribution < -0.4 is 5.56 Å². The van der Waals surface area contributed by atoms with E-state index in [1.54, 1.807) is 0 Å². The largest absolute Gasteiger partial charge is 0.502 e. The van der Waals surface area contributed by atoms with Gasteiger partial charge in [-0.2, -0.15) is 0 Å². The van der Waals surface area contributed by atoms with Crippen molar-refractivity contribution in [3.63, 3.8) is 0 Å². The third-order valence-electron chi connectivity index (χ3n) is 2.78. The van der Waals surface area contributed by atoms with Crippen molar-refractivity contribution < 1.29 is 19.9 Å². The minimum atomic E-state index is -1.53. The number of rotatable bonds is 2. The van der Waals surface area contributed by atoms with E-state index in [9.17, 15) is 24.8 Å². The Kier molecular flexibility index (Phi) is 2.70. The Balaban J connectivity index is 3.04. The standard InChI is InChI=1S/C11H8N2O6/c1-12-7-3-2-5(13(18)19)4-6(7)8(11(16)17)9(14)10(12)15/h2-4,14H,1H3,(H,16,17). The fourth-order valence-electron chi connectivity index (χ4n) is 1.85. The third-order valence-corrected chi connectivity index (χ3v) is 2.78. The van der Waals surface area contributed by atoms with E-state index in [1.807, 2.05) is 0 Å². The summed E-state index contributed by atoms with van der Waals surface area (Å²) in [5.41, 5.74) is -1.65. The lowest BCUT2D eigenvalue weighted by atomic mass is 10.1. The molecule has 0 aliphatic rings. The minimum absolute atomic E-state index is 0.0682. The molecule has 2 N–H and O–H groups in total. The predicted molar refractivity (Wildman–Crippen MR) is 64.5 cm³/mol. The molecule has 1 heterocycles. The lowest BCUT2D eigenvalue weighted by Crippen LogP contribution is -2.20. The average Bonchev–Trinajstić information content (AvgIpc) is 2.35. The van der Waals surface area contributed by atoms with Crippen LogP contribution in [0.4, 0.5) is 5.69 Å². The van der Waals surface area contributed by atoms with E-state index in [0.29, 0.717) is 0 Å². The number of nitrogens with zero attached hydrogens (tertiary/aromatic N) is 2. The second-order valence-electron chi connectivity index (χ2n) is 3.85. The molecular weight excluding hydrogens is 256 g/mol. The zero-order valence-corrected chi connectivity index (χ0v) is 9.65. The Labute approximate surface area is 105 Å². The van der Waals surface area contributed by atoms with Gasteiger partial charge in [-0.05, 0) is 6.07 Å². The number of aromatic carboxylic acids is 1. The molecule has 0 radical (unpaired) electrons. The van der Waals surface area contributed by atoms with Gasteiger partial charge in [-0.15, -0.1) is 0 Å².